The molecular weight excluding hydrogens is 248 g/mol. The van der Waals surface area contributed by atoms with Gasteiger partial charge in [-0.15, -0.1) is 6.58 Å². The average Bonchev–Trinajstić information content (AvgIpc) is 2.68. The summed E-state index contributed by atoms with van der Waals surface area (Å²) in [4.78, 5) is 25.2. The second-order valence-electron chi connectivity index (χ2n) is 3.98. The van der Waals surface area contributed by atoms with Gasteiger partial charge in [0.05, 0.1) is 12.3 Å². The Morgan fingerprint density at radius 1 is 1.47 bits per heavy atom. The van der Waals surface area contributed by atoms with E-state index >= 15 is 0 Å². The van der Waals surface area contributed by atoms with Crippen molar-refractivity contribution < 1.29 is 18.8 Å². The lowest BCUT2D eigenvalue weighted by Crippen LogP contribution is -2.37. The Morgan fingerprint density at radius 2 is 2.16 bits per heavy atom. The molecule has 0 atom stereocenters. The number of ether oxygens (including phenoxy) is 1. The van der Waals surface area contributed by atoms with E-state index in [-0.39, 0.29) is 25.6 Å². The highest BCUT2D eigenvalue weighted by molar-refractivity contribution is 5.97. The van der Waals surface area contributed by atoms with Gasteiger partial charge in [0.2, 0.25) is 0 Å². The van der Waals surface area contributed by atoms with Gasteiger partial charge in [-0.2, -0.15) is 0 Å². The van der Waals surface area contributed by atoms with Crippen LogP contribution >= 0.6 is 0 Å². The van der Waals surface area contributed by atoms with Crippen molar-refractivity contribution in [2.24, 2.45) is 0 Å². The average molecular weight is 266 g/mol. The molecule has 0 aliphatic rings. The SMILES string of the molecule is C=CCN(CC(=O)OCC)C(=O)c1c(C)noc1C. The Morgan fingerprint density at radius 3 is 2.63 bits per heavy atom. The number of hydrogen-bond acceptors (Lipinski definition) is 5. The maximum atomic E-state index is 12.3. The second kappa shape index (κ2) is 6.72. The molecule has 0 unspecified atom stereocenters. The Labute approximate surface area is 112 Å². The molecule has 0 spiro atoms. The van der Waals surface area contributed by atoms with Gasteiger partial charge in [0, 0.05) is 6.54 Å². The first-order chi connectivity index (χ1) is 9.01. The van der Waals surface area contributed by atoms with Crippen LogP contribution in [0.15, 0.2) is 17.2 Å². The van der Waals surface area contributed by atoms with Crippen LogP contribution in [0.25, 0.3) is 0 Å². The zero-order valence-corrected chi connectivity index (χ0v) is 11.4. The number of hydrogen-bond donors (Lipinski definition) is 0. The Bertz CT molecular complexity index is 459. The summed E-state index contributed by atoms with van der Waals surface area (Å²) in [6.07, 6.45) is 1.55. The lowest BCUT2D eigenvalue weighted by molar-refractivity contribution is -0.143. The van der Waals surface area contributed by atoms with Crippen LogP contribution in [0.5, 0.6) is 0 Å². The molecule has 0 saturated carbocycles. The van der Waals surface area contributed by atoms with Gasteiger partial charge in [-0.1, -0.05) is 11.2 Å². The minimum atomic E-state index is -0.454. The van der Waals surface area contributed by atoms with E-state index in [1.165, 1.54) is 4.90 Å². The minimum Gasteiger partial charge on any atom is -0.465 e. The minimum absolute atomic E-state index is 0.122. The van der Waals surface area contributed by atoms with Gasteiger partial charge in [0.15, 0.2) is 0 Å². The summed E-state index contributed by atoms with van der Waals surface area (Å²) in [5.74, 6) is -0.339. The fraction of sp³-hybridized carbons (Fsp3) is 0.462. The largest absolute Gasteiger partial charge is 0.465 e. The number of aryl methyl sites for hydroxylation is 2. The number of esters is 1. The van der Waals surface area contributed by atoms with E-state index in [4.69, 9.17) is 9.26 Å². The Kier molecular flexibility index (Phi) is 5.29. The first kappa shape index (κ1) is 14.9. The van der Waals surface area contributed by atoms with Crippen molar-refractivity contribution in [1.29, 1.82) is 0 Å². The topological polar surface area (TPSA) is 72.6 Å². The third kappa shape index (κ3) is 3.67. The first-order valence-electron chi connectivity index (χ1n) is 5.99. The van der Waals surface area contributed by atoms with E-state index in [0.29, 0.717) is 17.0 Å². The number of amides is 1. The fourth-order valence-corrected chi connectivity index (χ4v) is 1.68. The van der Waals surface area contributed by atoms with Crippen molar-refractivity contribution in [2.75, 3.05) is 19.7 Å². The highest BCUT2D eigenvalue weighted by atomic mass is 16.5. The monoisotopic (exact) mass is 266 g/mol. The van der Waals surface area contributed by atoms with Crippen molar-refractivity contribution in [3.8, 4) is 0 Å². The maximum Gasteiger partial charge on any atom is 0.325 e. The molecule has 104 valence electrons. The number of aromatic nitrogens is 1. The molecule has 1 aromatic heterocycles. The fourth-order valence-electron chi connectivity index (χ4n) is 1.68. The quantitative estimate of drug-likeness (QED) is 0.576. The van der Waals surface area contributed by atoms with Crippen LogP contribution in [0.2, 0.25) is 0 Å². The van der Waals surface area contributed by atoms with Gasteiger partial charge >= 0.3 is 5.97 Å². The molecule has 0 saturated heterocycles. The van der Waals surface area contributed by atoms with Crippen molar-refractivity contribution in [3.05, 3.63) is 29.7 Å². The van der Waals surface area contributed by atoms with Crippen LogP contribution < -0.4 is 0 Å². The van der Waals surface area contributed by atoms with Gasteiger partial charge in [-0.05, 0) is 20.8 Å². The van der Waals surface area contributed by atoms with Gasteiger partial charge in [0.1, 0.15) is 17.9 Å². The Balaban J connectivity index is 2.90. The van der Waals surface area contributed by atoms with Crippen molar-refractivity contribution in [2.45, 2.75) is 20.8 Å². The van der Waals surface area contributed by atoms with Crippen LogP contribution in [0.1, 0.15) is 28.7 Å². The van der Waals surface area contributed by atoms with Gasteiger partial charge < -0.3 is 14.2 Å². The molecule has 6 nitrogen and oxygen atoms in total. The summed E-state index contributed by atoms with van der Waals surface area (Å²) in [5.41, 5.74) is 0.881. The summed E-state index contributed by atoms with van der Waals surface area (Å²) in [6.45, 7) is 9.04. The summed E-state index contributed by atoms with van der Waals surface area (Å²) < 4.78 is 9.80. The van der Waals surface area contributed by atoms with Crippen LogP contribution in [0, 0.1) is 13.8 Å². The number of carbonyl (C=O) groups is 2. The van der Waals surface area contributed by atoms with E-state index < -0.39 is 5.97 Å². The summed E-state index contributed by atoms with van der Waals surface area (Å²) in [7, 11) is 0. The summed E-state index contributed by atoms with van der Waals surface area (Å²) in [5, 5.41) is 3.73. The molecule has 0 aromatic carbocycles. The predicted octanol–water partition coefficient (Wildman–Crippen LogP) is 1.48. The van der Waals surface area contributed by atoms with Crippen molar-refractivity contribution >= 4 is 11.9 Å². The molecule has 0 aliphatic carbocycles. The number of rotatable bonds is 6. The standard InChI is InChI=1S/C13H18N2O4/c1-5-7-15(8-11(16)18-6-2)13(17)12-9(3)14-19-10(12)4/h5H,1,6-8H2,2-4H3. The van der Waals surface area contributed by atoms with E-state index in [1.54, 1.807) is 26.8 Å². The molecule has 1 rings (SSSR count). The van der Waals surface area contributed by atoms with Crippen molar-refractivity contribution in [1.82, 2.24) is 10.1 Å². The third-order valence-electron chi connectivity index (χ3n) is 2.51. The zero-order chi connectivity index (χ0) is 14.4. The molecule has 19 heavy (non-hydrogen) atoms. The van der Waals surface area contributed by atoms with E-state index in [9.17, 15) is 9.59 Å². The second-order valence-corrected chi connectivity index (χ2v) is 3.98. The lowest BCUT2D eigenvalue weighted by atomic mass is 10.2. The lowest BCUT2D eigenvalue weighted by Gasteiger charge is -2.19. The molecule has 1 aromatic rings. The van der Waals surface area contributed by atoms with Crippen molar-refractivity contribution in [3.63, 3.8) is 0 Å². The molecule has 0 bridgehead atoms. The first-order valence-corrected chi connectivity index (χ1v) is 5.99. The van der Waals surface area contributed by atoms with Gasteiger partial charge in [-0.3, -0.25) is 9.59 Å². The van der Waals surface area contributed by atoms with Crippen LogP contribution in [-0.4, -0.2) is 41.6 Å². The Hall–Kier alpha value is -2.11. The summed E-state index contributed by atoms with van der Waals surface area (Å²) in [6, 6.07) is 0. The number of carbonyl (C=O) groups excluding carboxylic acids is 2. The van der Waals surface area contributed by atoms with Crippen LogP contribution in [-0.2, 0) is 9.53 Å². The molecule has 6 heteroatoms. The van der Waals surface area contributed by atoms with Crippen LogP contribution in [0.3, 0.4) is 0 Å². The maximum absolute atomic E-state index is 12.3. The third-order valence-corrected chi connectivity index (χ3v) is 2.51. The molecule has 0 aliphatic heterocycles. The molecule has 1 amide bonds. The highest BCUT2D eigenvalue weighted by Crippen LogP contribution is 2.15. The molecule has 0 radical (unpaired) electrons. The van der Waals surface area contributed by atoms with Crippen LogP contribution in [0.4, 0.5) is 0 Å². The molecule has 0 fully saturated rings. The predicted molar refractivity (Wildman–Crippen MR) is 68.7 cm³/mol. The van der Waals surface area contributed by atoms with E-state index in [0.717, 1.165) is 0 Å². The number of nitrogens with zero attached hydrogens (tertiary/aromatic N) is 2. The summed E-state index contributed by atoms with van der Waals surface area (Å²) >= 11 is 0. The smallest absolute Gasteiger partial charge is 0.325 e. The van der Waals surface area contributed by atoms with Gasteiger partial charge in [-0.25, -0.2) is 0 Å². The highest BCUT2D eigenvalue weighted by Gasteiger charge is 2.24. The zero-order valence-electron chi connectivity index (χ0n) is 11.4. The van der Waals surface area contributed by atoms with E-state index in [2.05, 4.69) is 11.7 Å². The molecular formula is C13H18N2O4. The molecule has 0 N–H and O–H groups in total. The van der Waals surface area contributed by atoms with E-state index in [1.807, 2.05) is 0 Å². The molecule has 1 heterocycles. The van der Waals surface area contributed by atoms with Gasteiger partial charge in [0.25, 0.3) is 5.91 Å². The normalized spacial score (nSPS) is 10.1.